The molecule has 1 N–H and O–H groups in total. The maximum atomic E-state index is 14.8. The average Bonchev–Trinajstić information content (AvgIpc) is 3.40. The van der Waals surface area contributed by atoms with Crippen LogP contribution in [0, 0.1) is 17.1 Å². The Morgan fingerprint density at radius 1 is 1.12 bits per heavy atom. The quantitative estimate of drug-likeness (QED) is 0.446. The largest absolute Gasteiger partial charge is 0.326 e. The summed E-state index contributed by atoms with van der Waals surface area (Å²) in [5, 5.41) is 17.9. The number of aromatic nitrogens is 7. The number of nitrogens with zero attached hydrogens (tertiary/aromatic N) is 7. The van der Waals surface area contributed by atoms with Crippen molar-refractivity contribution in [2.45, 2.75) is 24.8 Å². The standard InChI is InChI=1S/C24H17FN8O/c25-17-3-1-2-4-20(17)33-22(30-31-23(33)18-7-8-27-13-28-18)15-10-16(11-15)32-21-6-5-14(12-26)9-19(21)29-24(32)34/h1-9,13,15-16H,10-11H2,(H,29,34). The highest BCUT2D eigenvalue weighted by molar-refractivity contribution is 5.77. The minimum absolute atomic E-state index is 0.0251. The van der Waals surface area contributed by atoms with Crippen LogP contribution in [0.4, 0.5) is 4.39 Å². The van der Waals surface area contributed by atoms with Crippen LogP contribution in [0.3, 0.4) is 0 Å². The summed E-state index contributed by atoms with van der Waals surface area (Å²) in [5.41, 5.74) is 2.54. The summed E-state index contributed by atoms with van der Waals surface area (Å²) in [6, 6.07) is 15.4. The van der Waals surface area contributed by atoms with E-state index in [-0.39, 0.29) is 17.6 Å². The summed E-state index contributed by atoms with van der Waals surface area (Å²) in [6.07, 6.45) is 4.30. The maximum Gasteiger partial charge on any atom is 0.326 e. The lowest BCUT2D eigenvalue weighted by atomic mass is 9.79. The van der Waals surface area contributed by atoms with Gasteiger partial charge in [-0.05, 0) is 49.2 Å². The number of aromatic amines is 1. The number of fused-ring (bicyclic) bond motifs is 1. The van der Waals surface area contributed by atoms with Gasteiger partial charge in [-0.25, -0.2) is 19.2 Å². The highest BCUT2D eigenvalue weighted by Crippen LogP contribution is 2.45. The number of benzene rings is 2. The topological polar surface area (TPSA) is 118 Å². The van der Waals surface area contributed by atoms with Crippen LogP contribution in [0.5, 0.6) is 0 Å². The second-order valence-corrected chi connectivity index (χ2v) is 8.23. The molecule has 2 aromatic carbocycles. The zero-order valence-corrected chi connectivity index (χ0v) is 17.8. The fourth-order valence-corrected chi connectivity index (χ4v) is 4.59. The first kappa shape index (κ1) is 20.0. The Bertz CT molecular complexity index is 1620. The second kappa shape index (κ2) is 7.74. The summed E-state index contributed by atoms with van der Waals surface area (Å²) in [6.45, 7) is 0. The van der Waals surface area contributed by atoms with Gasteiger partial charge in [0.05, 0.1) is 28.4 Å². The molecule has 10 heteroatoms. The van der Waals surface area contributed by atoms with Gasteiger partial charge in [-0.1, -0.05) is 12.1 Å². The minimum Gasteiger partial charge on any atom is -0.305 e. The Morgan fingerprint density at radius 3 is 2.74 bits per heavy atom. The van der Waals surface area contributed by atoms with E-state index in [2.05, 4.69) is 31.2 Å². The number of halogens is 1. The van der Waals surface area contributed by atoms with E-state index in [4.69, 9.17) is 5.26 Å². The second-order valence-electron chi connectivity index (χ2n) is 8.23. The molecule has 0 aliphatic heterocycles. The molecule has 0 radical (unpaired) electrons. The number of H-pyrrole nitrogens is 1. The lowest BCUT2D eigenvalue weighted by molar-refractivity contribution is 0.254. The zero-order valence-electron chi connectivity index (χ0n) is 17.8. The number of hydrogen-bond donors (Lipinski definition) is 1. The Morgan fingerprint density at radius 2 is 1.97 bits per heavy atom. The molecule has 1 saturated carbocycles. The van der Waals surface area contributed by atoms with E-state index in [0.29, 0.717) is 47.0 Å². The monoisotopic (exact) mass is 452 g/mol. The molecular formula is C24H17FN8O. The smallest absolute Gasteiger partial charge is 0.305 e. The van der Waals surface area contributed by atoms with Crippen molar-refractivity contribution < 1.29 is 4.39 Å². The van der Waals surface area contributed by atoms with E-state index < -0.39 is 5.82 Å². The van der Waals surface area contributed by atoms with Crippen molar-refractivity contribution >= 4 is 11.0 Å². The number of nitrogens with one attached hydrogen (secondary N) is 1. The molecule has 0 saturated heterocycles. The lowest BCUT2D eigenvalue weighted by Crippen LogP contribution is -2.32. The molecule has 5 aromatic rings. The van der Waals surface area contributed by atoms with Crippen molar-refractivity contribution in [3.63, 3.8) is 0 Å². The van der Waals surface area contributed by atoms with Crippen LogP contribution in [0.2, 0.25) is 0 Å². The number of imidazole rings is 1. The molecule has 3 heterocycles. The fraction of sp³-hybridized carbons (Fsp3) is 0.167. The van der Waals surface area contributed by atoms with E-state index in [1.54, 1.807) is 57.8 Å². The maximum absolute atomic E-state index is 14.8. The van der Waals surface area contributed by atoms with Crippen LogP contribution in [0.15, 0.2) is 65.8 Å². The molecule has 1 aliphatic rings. The fourth-order valence-electron chi connectivity index (χ4n) is 4.59. The molecule has 6 rings (SSSR count). The molecule has 1 aliphatic carbocycles. The van der Waals surface area contributed by atoms with Gasteiger partial charge in [0.15, 0.2) is 5.82 Å². The Balaban J connectivity index is 1.38. The van der Waals surface area contributed by atoms with Crippen molar-refractivity contribution in [2.24, 2.45) is 0 Å². The first-order valence-electron chi connectivity index (χ1n) is 10.7. The van der Waals surface area contributed by atoms with Gasteiger partial charge in [0, 0.05) is 18.2 Å². The number of hydrogen-bond acceptors (Lipinski definition) is 6. The van der Waals surface area contributed by atoms with Crippen LogP contribution in [0.25, 0.3) is 28.2 Å². The van der Waals surface area contributed by atoms with Gasteiger partial charge >= 0.3 is 5.69 Å². The van der Waals surface area contributed by atoms with Crippen molar-refractivity contribution in [3.05, 3.63) is 88.7 Å². The predicted octanol–water partition coefficient (Wildman–Crippen LogP) is 3.50. The first-order valence-corrected chi connectivity index (χ1v) is 10.7. The summed E-state index contributed by atoms with van der Waals surface area (Å²) in [5.74, 6) is 0.632. The van der Waals surface area contributed by atoms with Gasteiger partial charge in [-0.3, -0.25) is 9.13 Å². The molecule has 34 heavy (non-hydrogen) atoms. The molecule has 0 amide bonds. The first-order chi connectivity index (χ1) is 16.6. The number of nitriles is 1. The molecule has 166 valence electrons. The molecule has 3 aromatic heterocycles. The van der Waals surface area contributed by atoms with E-state index in [1.165, 1.54) is 12.4 Å². The van der Waals surface area contributed by atoms with Gasteiger partial charge in [0.25, 0.3) is 0 Å². The van der Waals surface area contributed by atoms with Crippen LogP contribution in [-0.4, -0.2) is 34.3 Å². The minimum atomic E-state index is -0.393. The van der Waals surface area contributed by atoms with Crippen LogP contribution < -0.4 is 5.69 Å². The van der Waals surface area contributed by atoms with E-state index in [1.807, 2.05) is 0 Å². The van der Waals surface area contributed by atoms with Crippen molar-refractivity contribution in [1.29, 1.82) is 5.26 Å². The summed E-state index contributed by atoms with van der Waals surface area (Å²) in [4.78, 5) is 23.7. The Labute approximate surface area is 192 Å². The molecule has 0 atom stereocenters. The van der Waals surface area contributed by atoms with Crippen LogP contribution in [0.1, 0.15) is 36.2 Å². The third kappa shape index (κ3) is 3.09. The lowest BCUT2D eigenvalue weighted by Gasteiger charge is -2.35. The molecule has 1 fully saturated rings. The Kier molecular flexibility index (Phi) is 4.55. The molecular weight excluding hydrogens is 435 g/mol. The van der Waals surface area contributed by atoms with E-state index >= 15 is 0 Å². The molecule has 0 spiro atoms. The SMILES string of the molecule is N#Cc1ccc2c(c1)[nH]c(=O)n2C1CC(c2nnc(-c3ccncn3)n2-c2ccccc2F)C1. The number of para-hydroxylation sites is 1. The number of rotatable bonds is 4. The molecule has 0 unspecified atom stereocenters. The van der Waals surface area contributed by atoms with Crippen LogP contribution in [-0.2, 0) is 0 Å². The van der Waals surface area contributed by atoms with Crippen molar-refractivity contribution in [2.75, 3.05) is 0 Å². The predicted molar refractivity (Wildman–Crippen MR) is 121 cm³/mol. The van der Waals surface area contributed by atoms with Crippen molar-refractivity contribution in [3.8, 4) is 23.3 Å². The normalized spacial score (nSPS) is 17.4. The summed E-state index contributed by atoms with van der Waals surface area (Å²) in [7, 11) is 0. The van der Waals surface area contributed by atoms with Gasteiger partial charge < -0.3 is 4.98 Å². The highest BCUT2D eigenvalue weighted by Gasteiger charge is 2.38. The Hall–Kier alpha value is -4.65. The van der Waals surface area contributed by atoms with E-state index in [0.717, 1.165) is 5.52 Å². The zero-order chi connectivity index (χ0) is 23.2. The third-order valence-electron chi connectivity index (χ3n) is 6.28. The average molecular weight is 452 g/mol. The van der Waals surface area contributed by atoms with Crippen LogP contribution >= 0.6 is 0 Å². The van der Waals surface area contributed by atoms with Gasteiger partial charge in [0.1, 0.15) is 23.7 Å². The van der Waals surface area contributed by atoms with Gasteiger partial charge in [-0.2, -0.15) is 5.26 Å². The third-order valence-corrected chi connectivity index (χ3v) is 6.28. The summed E-state index contributed by atoms with van der Waals surface area (Å²) >= 11 is 0. The van der Waals surface area contributed by atoms with Gasteiger partial charge in [0.2, 0.25) is 0 Å². The van der Waals surface area contributed by atoms with Crippen molar-refractivity contribution in [1.82, 2.24) is 34.3 Å². The van der Waals surface area contributed by atoms with Gasteiger partial charge in [-0.15, -0.1) is 10.2 Å². The molecule has 9 nitrogen and oxygen atoms in total. The summed E-state index contributed by atoms with van der Waals surface area (Å²) < 4.78 is 18.3. The molecule has 0 bridgehead atoms. The van der Waals surface area contributed by atoms with E-state index in [9.17, 15) is 9.18 Å². The highest BCUT2D eigenvalue weighted by atomic mass is 19.1.